The van der Waals surface area contributed by atoms with E-state index >= 15 is 0 Å². The highest BCUT2D eigenvalue weighted by atomic mass is 19.1. The molecule has 1 aromatic carbocycles. The van der Waals surface area contributed by atoms with Crippen molar-refractivity contribution in [3.8, 4) is 0 Å². The molecule has 2 aromatic heterocycles. The minimum atomic E-state index is -0.434. The van der Waals surface area contributed by atoms with Crippen LogP contribution in [0.1, 0.15) is 41.6 Å². The highest BCUT2D eigenvalue weighted by molar-refractivity contribution is 5.90. The van der Waals surface area contributed by atoms with Crippen LogP contribution >= 0.6 is 0 Å². The number of H-pyrrole nitrogens is 1. The minimum Gasteiger partial charge on any atom is -0.366 e. The van der Waals surface area contributed by atoms with Gasteiger partial charge in [-0.1, -0.05) is 0 Å². The molecule has 3 aromatic rings. The van der Waals surface area contributed by atoms with Crippen LogP contribution in [0, 0.1) is 5.82 Å². The topological polar surface area (TPSA) is 107 Å². The van der Waals surface area contributed by atoms with Crippen molar-refractivity contribution in [3.63, 3.8) is 0 Å². The van der Waals surface area contributed by atoms with E-state index < -0.39 is 5.82 Å². The van der Waals surface area contributed by atoms with Crippen molar-refractivity contribution in [2.75, 3.05) is 38.1 Å². The SMILES string of the molecule is CNC(=O)c1ncc(N2CCN([C@@H]3CC[C@@H](c4nc5ccc(F)cc5c(=O)[nH]4)C3)CC2)cn1. The predicted octanol–water partition coefficient (Wildman–Crippen LogP) is 1.67. The molecule has 1 amide bonds. The first-order valence-corrected chi connectivity index (χ1v) is 11.2. The lowest BCUT2D eigenvalue weighted by molar-refractivity contribution is 0.0952. The number of hydrogen-bond acceptors (Lipinski definition) is 7. The van der Waals surface area contributed by atoms with E-state index in [0.717, 1.165) is 51.1 Å². The lowest BCUT2D eigenvalue weighted by Gasteiger charge is -2.39. The zero-order valence-electron chi connectivity index (χ0n) is 18.4. The molecule has 0 bridgehead atoms. The van der Waals surface area contributed by atoms with Crippen molar-refractivity contribution < 1.29 is 9.18 Å². The van der Waals surface area contributed by atoms with Gasteiger partial charge >= 0.3 is 0 Å². The molecule has 1 aliphatic carbocycles. The van der Waals surface area contributed by atoms with Crippen LogP contribution in [0.25, 0.3) is 10.9 Å². The van der Waals surface area contributed by atoms with Crippen LogP contribution in [0.15, 0.2) is 35.4 Å². The molecule has 2 atom stereocenters. The van der Waals surface area contributed by atoms with Crippen LogP contribution in [0.2, 0.25) is 0 Å². The summed E-state index contributed by atoms with van der Waals surface area (Å²) in [7, 11) is 1.56. The summed E-state index contributed by atoms with van der Waals surface area (Å²) in [6.45, 7) is 3.58. The van der Waals surface area contributed by atoms with Crippen LogP contribution in [0.5, 0.6) is 0 Å². The summed E-state index contributed by atoms with van der Waals surface area (Å²) >= 11 is 0. The number of piperazine rings is 1. The van der Waals surface area contributed by atoms with Crippen LogP contribution in [-0.4, -0.2) is 70.0 Å². The third-order valence-corrected chi connectivity index (χ3v) is 6.74. The van der Waals surface area contributed by atoms with Gasteiger partial charge in [-0.2, -0.15) is 0 Å². The summed E-state index contributed by atoms with van der Waals surface area (Å²) < 4.78 is 13.5. The normalized spacial score (nSPS) is 21.5. The Labute approximate surface area is 190 Å². The molecule has 2 fully saturated rings. The fourth-order valence-electron chi connectivity index (χ4n) is 4.92. The molecule has 1 saturated heterocycles. The number of benzene rings is 1. The lowest BCUT2D eigenvalue weighted by atomic mass is 10.1. The minimum absolute atomic E-state index is 0.169. The van der Waals surface area contributed by atoms with Gasteiger partial charge in [-0.15, -0.1) is 0 Å². The van der Waals surface area contributed by atoms with Crippen molar-refractivity contribution in [2.45, 2.75) is 31.2 Å². The van der Waals surface area contributed by atoms with Crippen molar-refractivity contribution in [3.05, 3.63) is 58.4 Å². The number of fused-ring (bicyclic) bond motifs is 1. The standard InChI is InChI=1S/C23H26FN7O2/c1-25-23(33)21-26-12-17(13-27-21)31-8-6-30(7-9-31)16-4-2-14(10-16)20-28-19-5-3-15(24)11-18(19)22(32)29-20/h3,5,11-14,16H,2,4,6-10H2,1H3,(H,25,33)(H,28,29,32)/t14-,16-/m1/s1. The summed E-state index contributed by atoms with van der Waals surface area (Å²) in [4.78, 5) is 44.6. The van der Waals surface area contributed by atoms with Crippen LogP contribution < -0.4 is 15.8 Å². The molecule has 0 radical (unpaired) electrons. The Hall–Kier alpha value is -3.40. The summed E-state index contributed by atoms with van der Waals surface area (Å²) in [5.41, 5.74) is 1.18. The average molecular weight is 452 g/mol. The third-order valence-electron chi connectivity index (χ3n) is 6.74. The second-order valence-corrected chi connectivity index (χ2v) is 8.64. The van der Waals surface area contributed by atoms with Gasteiger partial charge in [0.1, 0.15) is 11.6 Å². The second kappa shape index (κ2) is 8.86. The zero-order chi connectivity index (χ0) is 22.9. The molecule has 2 aliphatic rings. The molecule has 10 heteroatoms. The molecular formula is C23H26FN7O2. The summed E-state index contributed by atoms with van der Waals surface area (Å²) in [6, 6.07) is 4.59. The molecule has 0 unspecified atom stereocenters. The number of nitrogens with one attached hydrogen (secondary N) is 2. The quantitative estimate of drug-likeness (QED) is 0.621. The van der Waals surface area contributed by atoms with E-state index in [4.69, 9.17) is 0 Å². The number of aromatic nitrogens is 4. The zero-order valence-corrected chi connectivity index (χ0v) is 18.4. The summed E-state index contributed by atoms with van der Waals surface area (Å²) in [6.07, 6.45) is 6.37. The Balaban J connectivity index is 1.21. The first-order chi connectivity index (χ1) is 16.0. The maximum Gasteiger partial charge on any atom is 0.288 e. The predicted molar refractivity (Wildman–Crippen MR) is 122 cm³/mol. The van der Waals surface area contributed by atoms with E-state index in [0.29, 0.717) is 17.4 Å². The van der Waals surface area contributed by atoms with E-state index in [9.17, 15) is 14.0 Å². The third kappa shape index (κ3) is 4.30. The van der Waals surface area contributed by atoms with Gasteiger partial charge in [-0.05, 0) is 37.5 Å². The van der Waals surface area contributed by atoms with E-state index in [-0.39, 0.29) is 28.6 Å². The Morgan fingerprint density at radius 2 is 1.91 bits per heavy atom. The Morgan fingerprint density at radius 3 is 2.64 bits per heavy atom. The number of aromatic amines is 1. The molecule has 2 N–H and O–H groups in total. The largest absolute Gasteiger partial charge is 0.366 e. The fourth-order valence-corrected chi connectivity index (χ4v) is 4.92. The summed E-state index contributed by atoms with van der Waals surface area (Å²) in [5.74, 6) is 0.338. The molecule has 5 rings (SSSR count). The van der Waals surface area contributed by atoms with Crippen molar-refractivity contribution >= 4 is 22.5 Å². The molecule has 172 valence electrons. The maximum atomic E-state index is 13.5. The number of carbonyl (C=O) groups is 1. The highest BCUT2D eigenvalue weighted by Crippen LogP contribution is 2.36. The summed E-state index contributed by atoms with van der Waals surface area (Å²) in [5, 5.41) is 2.81. The maximum absolute atomic E-state index is 13.5. The smallest absolute Gasteiger partial charge is 0.288 e. The van der Waals surface area contributed by atoms with Crippen LogP contribution in [0.4, 0.5) is 10.1 Å². The average Bonchev–Trinajstić information content (AvgIpc) is 3.34. The van der Waals surface area contributed by atoms with Gasteiger partial charge in [-0.3, -0.25) is 14.5 Å². The number of halogens is 1. The number of nitrogens with zero attached hydrogens (tertiary/aromatic N) is 5. The number of rotatable bonds is 4. The number of amides is 1. The second-order valence-electron chi connectivity index (χ2n) is 8.64. The first kappa shape index (κ1) is 21.4. The van der Waals surface area contributed by atoms with Gasteiger partial charge in [0.25, 0.3) is 11.5 Å². The molecule has 3 heterocycles. The lowest BCUT2D eigenvalue weighted by Crippen LogP contribution is -2.49. The van der Waals surface area contributed by atoms with Gasteiger partial charge in [0.2, 0.25) is 5.82 Å². The monoisotopic (exact) mass is 451 g/mol. The van der Waals surface area contributed by atoms with Crippen molar-refractivity contribution in [2.24, 2.45) is 0 Å². The number of hydrogen-bond donors (Lipinski definition) is 2. The van der Waals surface area contributed by atoms with E-state index in [1.54, 1.807) is 25.5 Å². The van der Waals surface area contributed by atoms with E-state index in [1.165, 1.54) is 12.1 Å². The van der Waals surface area contributed by atoms with E-state index in [1.807, 2.05) is 0 Å². The van der Waals surface area contributed by atoms with Gasteiger partial charge < -0.3 is 15.2 Å². The number of anilines is 1. The van der Waals surface area contributed by atoms with Crippen molar-refractivity contribution in [1.29, 1.82) is 0 Å². The van der Waals surface area contributed by atoms with Gasteiger partial charge in [0, 0.05) is 45.2 Å². The highest BCUT2D eigenvalue weighted by Gasteiger charge is 2.33. The van der Waals surface area contributed by atoms with Crippen molar-refractivity contribution in [1.82, 2.24) is 30.2 Å². The van der Waals surface area contributed by atoms with Crippen LogP contribution in [-0.2, 0) is 0 Å². The number of carbonyl (C=O) groups excluding carboxylic acids is 1. The molecule has 9 nitrogen and oxygen atoms in total. The molecular weight excluding hydrogens is 425 g/mol. The first-order valence-electron chi connectivity index (χ1n) is 11.2. The van der Waals surface area contributed by atoms with E-state index in [2.05, 4.69) is 35.1 Å². The Morgan fingerprint density at radius 1 is 1.15 bits per heavy atom. The Bertz CT molecular complexity index is 1220. The molecule has 1 aliphatic heterocycles. The fraction of sp³-hybridized carbons (Fsp3) is 0.435. The molecule has 1 saturated carbocycles. The molecule has 33 heavy (non-hydrogen) atoms. The van der Waals surface area contributed by atoms with Gasteiger partial charge in [0.15, 0.2) is 0 Å². The Kier molecular flexibility index (Phi) is 5.76. The molecule has 0 spiro atoms. The van der Waals surface area contributed by atoms with Gasteiger partial charge in [-0.25, -0.2) is 19.3 Å². The van der Waals surface area contributed by atoms with Gasteiger partial charge in [0.05, 0.1) is 29.0 Å². The van der Waals surface area contributed by atoms with Crippen LogP contribution in [0.3, 0.4) is 0 Å².